The maximum Gasteiger partial charge on any atom is 0.181 e. The van der Waals surface area contributed by atoms with Crippen molar-refractivity contribution < 1.29 is 26.0 Å². The predicted molar refractivity (Wildman–Crippen MR) is 256 cm³/mol. The molecule has 0 saturated carbocycles. The molecule has 0 N–H and O–H groups in total. The van der Waals surface area contributed by atoms with Crippen LogP contribution in [0.4, 0.5) is 0 Å². The smallest absolute Gasteiger partial charge is 0.181 e. The first-order valence-corrected chi connectivity index (χ1v) is 24.6. The van der Waals surface area contributed by atoms with E-state index in [0.717, 1.165) is 27.8 Å². The summed E-state index contributed by atoms with van der Waals surface area (Å²) in [5.41, 5.74) is 6.53. The van der Waals surface area contributed by atoms with Crippen LogP contribution in [0.2, 0.25) is 20.1 Å². The van der Waals surface area contributed by atoms with Crippen LogP contribution >= 0.6 is 46.4 Å². The molecule has 65 heavy (non-hydrogen) atoms. The Bertz CT molecular complexity index is 3480. The largest absolute Gasteiger partial charge is 0.442 e. The summed E-state index contributed by atoms with van der Waals surface area (Å²) >= 11 is 26.2. The lowest BCUT2D eigenvalue weighted by molar-refractivity contribution is 0.111. The van der Waals surface area contributed by atoms with E-state index in [4.69, 9.17) is 55.8 Å². The van der Waals surface area contributed by atoms with Crippen molar-refractivity contribution in [1.82, 2.24) is 24.1 Å². The minimum Gasteiger partial charge on any atom is -0.442 e. The van der Waals surface area contributed by atoms with Gasteiger partial charge in [0.2, 0.25) is 0 Å². The van der Waals surface area contributed by atoms with E-state index < -0.39 is 19.7 Å². The van der Waals surface area contributed by atoms with Gasteiger partial charge in [0.15, 0.2) is 38.1 Å². The average Bonchev–Trinajstić information content (AvgIpc) is 4.08. The number of benzene rings is 6. The molecule has 0 unspecified atom stereocenters. The molecule has 9 rings (SSSR count). The second-order valence-corrected chi connectivity index (χ2v) is 20.2. The van der Waals surface area contributed by atoms with E-state index in [0.29, 0.717) is 66.4 Å². The Morgan fingerprint density at radius 1 is 0.538 bits per heavy atom. The number of nitrogens with zero attached hydrogens (tertiary/aromatic N) is 5. The fourth-order valence-electron chi connectivity index (χ4n) is 6.91. The van der Waals surface area contributed by atoms with Gasteiger partial charge in [-0.25, -0.2) is 31.8 Å². The van der Waals surface area contributed by atoms with Gasteiger partial charge in [0.05, 0.1) is 47.5 Å². The van der Waals surface area contributed by atoms with E-state index in [2.05, 4.69) is 9.97 Å². The molecule has 0 amide bonds. The molecular weight excluding hydrogens is 949 g/mol. The summed E-state index contributed by atoms with van der Waals surface area (Å²) in [4.78, 5) is 24.9. The zero-order chi connectivity index (χ0) is 46.0. The van der Waals surface area contributed by atoms with E-state index in [1.54, 1.807) is 83.7 Å². The van der Waals surface area contributed by atoms with Gasteiger partial charge in [0.25, 0.3) is 0 Å². The Morgan fingerprint density at radius 3 is 1.46 bits per heavy atom. The molecule has 3 aromatic heterocycles. The number of rotatable bonds is 10. The third-order valence-electron chi connectivity index (χ3n) is 10.1. The third kappa shape index (κ3) is 9.86. The van der Waals surface area contributed by atoms with Gasteiger partial charge < -0.3 is 4.42 Å². The normalized spacial score (nSPS) is 11.5. The van der Waals surface area contributed by atoms with Gasteiger partial charge in [-0.3, -0.25) is 13.9 Å². The fraction of sp³-hybridized carbons (Fsp3) is 0.0417. The molecule has 0 atom stereocenters. The van der Waals surface area contributed by atoms with E-state index in [1.165, 1.54) is 18.9 Å². The number of carbonyl (C=O) groups is 1. The molecule has 0 aliphatic carbocycles. The molecular formula is C48H33Cl4N5O6S2. The number of imidazole rings is 2. The van der Waals surface area contributed by atoms with Crippen molar-refractivity contribution in [2.75, 3.05) is 12.5 Å². The fourth-order valence-corrected chi connectivity index (χ4v) is 9.22. The predicted octanol–water partition coefficient (Wildman–Crippen LogP) is 12.3. The minimum absolute atomic E-state index is 0.233. The van der Waals surface area contributed by atoms with Gasteiger partial charge in [0, 0.05) is 36.0 Å². The standard InChI is InChI=1S/C25H17Cl2N3O3S.C23H16Cl2N2O3S/c1-34(31,32)18-6-4-5-16(11-18)17-9-10-23(21(27)12-17)30-14-22(24-13-28-15-33-24)29-25(30)19-7-2-3-8-20(19)26;1-31(29,30)18-6-4-5-15(11-18)16-9-10-22(21(25)12-16)27-13-17(14-28)26-23(27)19-7-2-3-8-20(19)24/h2-15H,1H3;2-14H,1H3. The van der Waals surface area contributed by atoms with Crippen LogP contribution in [0.25, 0.3) is 67.9 Å². The number of aldehydes is 1. The van der Waals surface area contributed by atoms with E-state index in [-0.39, 0.29) is 15.5 Å². The third-order valence-corrected chi connectivity index (χ3v) is 13.6. The lowest BCUT2D eigenvalue weighted by atomic mass is 10.1. The number of sulfone groups is 2. The number of hydrogen-bond acceptors (Lipinski definition) is 9. The molecule has 326 valence electrons. The summed E-state index contributed by atoms with van der Waals surface area (Å²) in [7, 11) is -6.65. The zero-order valence-corrected chi connectivity index (χ0v) is 38.8. The molecule has 9 aromatic rings. The number of hydrogen-bond donors (Lipinski definition) is 0. The Balaban J connectivity index is 0.000000178. The first-order valence-electron chi connectivity index (χ1n) is 19.3. The summed E-state index contributed by atoms with van der Waals surface area (Å²) < 4.78 is 56.7. The number of oxazole rings is 1. The second-order valence-electron chi connectivity index (χ2n) is 14.6. The number of halogens is 4. The molecule has 3 heterocycles. The van der Waals surface area contributed by atoms with Gasteiger partial charge in [-0.05, 0) is 95.1 Å². The van der Waals surface area contributed by atoms with Crippen LogP contribution in [0.3, 0.4) is 0 Å². The number of carbonyl (C=O) groups excluding carboxylic acids is 1. The van der Waals surface area contributed by atoms with Crippen LogP contribution in [-0.2, 0) is 19.7 Å². The molecule has 0 fully saturated rings. The zero-order valence-electron chi connectivity index (χ0n) is 34.1. The topological polar surface area (TPSA) is 147 Å². The Labute approximate surface area is 394 Å². The van der Waals surface area contributed by atoms with Crippen molar-refractivity contribution in [3.05, 3.63) is 184 Å². The summed E-state index contributed by atoms with van der Waals surface area (Å²) in [5.74, 6) is 1.59. The van der Waals surface area contributed by atoms with E-state index in [9.17, 15) is 21.6 Å². The molecule has 0 aliphatic rings. The molecule has 6 aromatic carbocycles. The first-order chi connectivity index (χ1) is 31.1. The van der Waals surface area contributed by atoms with Crippen LogP contribution in [0.15, 0.2) is 173 Å². The average molecular weight is 982 g/mol. The van der Waals surface area contributed by atoms with Gasteiger partial charge in [-0.2, -0.15) is 0 Å². The van der Waals surface area contributed by atoms with Crippen molar-refractivity contribution in [2.45, 2.75) is 9.79 Å². The highest BCUT2D eigenvalue weighted by atomic mass is 35.5. The van der Waals surface area contributed by atoms with Crippen molar-refractivity contribution in [3.63, 3.8) is 0 Å². The molecule has 0 saturated heterocycles. The summed E-state index contributed by atoms with van der Waals surface area (Å²) in [6.07, 6.45) is 9.35. The SMILES string of the molecule is CS(=O)(=O)c1cccc(-c2ccc(-n3cc(-c4cnco4)nc3-c3ccccc3Cl)c(Cl)c2)c1.CS(=O)(=O)c1cccc(-c2ccc(-n3cc(C=O)nc3-c3ccccc3Cl)c(Cl)c2)c1. The van der Waals surface area contributed by atoms with Crippen LogP contribution < -0.4 is 0 Å². The van der Waals surface area contributed by atoms with Crippen molar-refractivity contribution in [3.8, 4) is 67.9 Å². The monoisotopic (exact) mass is 979 g/mol. The van der Waals surface area contributed by atoms with Crippen LogP contribution in [0.1, 0.15) is 10.5 Å². The molecule has 11 nitrogen and oxygen atoms in total. The van der Waals surface area contributed by atoms with Crippen molar-refractivity contribution in [1.29, 1.82) is 0 Å². The summed E-state index contributed by atoms with van der Waals surface area (Å²) in [6.45, 7) is 0. The molecule has 0 radical (unpaired) electrons. The second kappa shape index (κ2) is 18.6. The number of aromatic nitrogens is 5. The Morgan fingerprint density at radius 2 is 1.02 bits per heavy atom. The minimum atomic E-state index is -3.33. The lowest BCUT2D eigenvalue weighted by Crippen LogP contribution is -1.99. The molecule has 0 spiro atoms. The van der Waals surface area contributed by atoms with Gasteiger partial charge in [0.1, 0.15) is 23.0 Å². The maximum absolute atomic E-state index is 12.0. The van der Waals surface area contributed by atoms with E-state index >= 15 is 0 Å². The first kappa shape index (κ1) is 45.3. The summed E-state index contributed by atoms with van der Waals surface area (Å²) in [6, 6.07) is 38.9. The van der Waals surface area contributed by atoms with Gasteiger partial charge in [-0.1, -0.05) is 107 Å². The van der Waals surface area contributed by atoms with Crippen molar-refractivity contribution in [2.24, 2.45) is 0 Å². The van der Waals surface area contributed by atoms with Crippen LogP contribution in [-0.4, -0.2) is 59.7 Å². The van der Waals surface area contributed by atoms with Gasteiger partial charge >= 0.3 is 0 Å². The van der Waals surface area contributed by atoms with E-state index in [1.807, 2.05) is 77.5 Å². The highest BCUT2D eigenvalue weighted by molar-refractivity contribution is 7.91. The van der Waals surface area contributed by atoms with Crippen molar-refractivity contribution >= 4 is 72.4 Å². The highest BCUT2D eigenvalue weighted by Gasteiger charge is 2.20. The lowest BCUT2D eigenvalue weighted by Gasteiger charge is -2.12. The van der Waals surface area contributed by atoms with Gasteiger partial charge in [-0.15, -0.1) is 0 Å². The maximum atomic E-state index is 12.0. The molecule has 17 heteroatoms. The Hall–Kier alpha value is -6.32. The Kier molecular flexibility index (Phi) is 13.0. The van der Waals surface area contributed by atoms with Crippen LogP contribution in [0.5, 0.6) is 0 Å². The molecule has 0 aliphatic heterocycles. The molecule has 0 bridgehead atoms. The quantitative estimate of drug-likeness (QED) is 0.122. The summed E-state index contributed by atoms with van der Waals surface area (Å²) in [5, 5.41) is 1.91. The van der Waals surface area contributed by atoms with Crippen LogP contribution in [0, 0.1) is 0 Å². The highest BCUT2D eigenvalue weighted by Crippen LogP contribution is 2.37.